The largest absolute Gasteiger partial charge is 0.288 e. The van der Waals surface area contributed by atoms with Gasteiger partial charge in [0.25, 0.3) is 0 Å². The van der Waals surface area contributed by atoms with Crippen molar-refractivity contribution in [2.24, 2.45) is 0 Å². The molecule has 0 aliphatic heterocycles. The van der Waals surface area contributed by atoms with Gasteiger partial charge in [-0.05, 0) is 61.2 Å². The second-order valence-electron chi connectivity index (χ2n) is 5.19. The fourth-order valence-corrected chi connectivity index (χ4v) is 3.33. The minimum atomic E-state index is -0.00657. The molecule has 2 aromatic heterocycles. The van der Waals surface area contributed by atoms with Crippen LogP contribution in [0.3, 0.4) is 0 Å². The normalized spacial score (nSPS) is 11.4. The third-order valence-electron chi connectivity index (χ3n) is 3.45. The van der Waals surface area contributed by atoms with Crippen LogP contribution in [0.1, 0.15) is 26.4 Å². The van der Waals surface area contributed by atoms with Crippen molar-refractivity contribution in [1.29, 1.82) is 0 Å². The molecule has 0 atom stereocenters. The van der Waals surface area contributed by atoms with E-state index in [0.717, 1.165) is 32.5 Å². The number of allylic oxidation sites excluding steroid dienone is 1. The van der Waals surface area contributed by atoms with Gasteiger partial charge in [-0.2, -0.15) is 0 Å². The Morgan fingerprint density at radius 2 is 2.05 bits per heavy atom. The molecule has 22 heavy (non-hydrogen) atoms. The molecule has 0 amide bonds. The van der Waals surface area contributed by atoms with Crippen LogP contribution in [0, 0.1) is 13.8 Å². The molecule has 110 valence electrons. The van der Waals surface area contributed by atoms with Gasteiger partial charge in [-0.3, -0.25) is 4.79 Å². The Balaban J connectivity index is 1.96. The highest BCUT2D eigenvalue weighted by atomic mass is 35.5. The number of pyridine rings is 1. The Kier molecular flexibility index (Phi) is 4.10. The highest BCUT2D eigenvalue weighted by Gasteiger charge is 2.08. The maximum atomic E-state index is 12.2. The zero-order valence-corrected chi connectivity index (χ0v) is 13.8. The number of rotatable bonds is 3. The van der Waals surface area contributed by atoms with E-state index in [9.17, 15) is 4.79 Å². The van der Waals surface area contributed by atoms with E-state index in [1.165, 1.54) is 11.3 Å². The molecule has 0 aliphatic rings. The van der Waals surface area contributed by atoms with Crippen LogP contribution < -0.4 is 0 Å². The van der Waals surface area contributed by atoms with Crippen molar-refractivity contribution >= 4 is 45.7 Å². The monoisotopic (exact) mass is 327 g/mol. The molecule has 3 aromatic rings. The van der Waals surface area contributed by atoms with E-state index in [0.29, 0.717) is 5.15 Å². The minimum absolute atomic E-state index is 0.00657. The summed E-state index contributed by atoms with van der Waals surface area (Å²) in [4.78, 5) is 17.3. The van der Waals surface area contributed by atoms with Crippen molar-refractivity contribution in [3.8, 4) is 0 Å². The number of thiophene rings is 1. The molecule has 0 saturated carbocycles. The lowest BCUT2D eigenvalue weighted by Crippen LogP contribution is -1.93. The molecule has 0 aliphatic carbocycles. The van der Waals surface area contributed by atoms with E-state index >= 15 is 0 Å². The number of benzene rings is 1. The second-order valence-corrected chi connectivity index (χ2v) is 6.47. The molecule has 0 N–H and O–H groups in total. The van der Waals surface area contributed by atoms with Gasteiger partial charge in [0.15, 0.2) is 5.78 Å². The maximum absolute atomic E-state index is 12.2. The van der Waals surface area contributed by atoms with Gasteiger partial charge in [0.05, 0.1) is 10.4 Å². The van der Waals surface area contributed by atoms with Crippen LogP contribution in [0.5, 0.6) is 0 Å². The highest BCUT2D eigenvalue weighted by molar-refractivity contribution is 7.12. The molecule has 1 aromatic carbocycles. The number of carbonyl (C=O) groups is 1. The first-order chi connectivity index (χ1) is 10.5. The van der Waals surface area contributed by atoms with Crippen molar-refractivity contribution in [3.05, 3.63) is 68.5 Å². The second kappa shape index (κ2) is 6.03. The van der Waals surface area contributed by atoms with E-state index in [4.69, 9.17) is 11.6 Å². The van der Waals surface area contributed by atoms with Crippen LogP contribution >= 0.6 is 22.9 Å². The Bertz CT molecular complexity index is 895. The molecule has 0 radical (unpaired) electrons. The minimum Gasteiger partial charge on any atom is -0.288 e. The van der Waals surface area contributed by atoms with Crippen molar-refractivity contribution in [3.63, 3.8) is 0 Å². The molecule has 4 heteroatoms. The van der Waals surface area contributed by atoms with Crippen LogP contribution in [0.2, 0.25) is 5.15 Å². The summed E-state index contributed by atoms with van der Waals surface area (Å²) >= 11 is 7.66. The summed E-state index contributed by atoms with van der Waals surface area (Å²) in [6.07, 6.45) is 3.29. The topological polar surface area (TPSA) is 30.0 Å². The van der Waals surface area contributed by atoms with Gasteiger partial charge in [-0.1, -0.05) is 23.2 Å². The van der Waals surface area contributed by atoms with Gasteiger partial charge in [-0.25, -0.2) is 4.98 Å². The number of carbonyl (C=O) groups excluding carboxylic acids is 1. The fraction of sp³-hybridized carbons (Fsp3) is 0.111. The number of aromatic nitrogens is 1. The molecule has 0 spiro atoms. The standard InChI is InChI=1S/C18H14ClNOS/c1-11-3-5-15-14(9-11)10-13(18(19)20-15)4-6-16(21)17-12(2)7-8-22-17/h3-10H,1-2H3/b6-4+. The van der Waals surface area contributed by atoms with Crippen LogP contribution in [0.15, 0.2) is 41.8 Å². The molecule has 0 bridgehead atoms. The van der Waals surface area contributed by atoms with E-state index in [1.54, 1.807) is 12.2 Å². The number of halogens is 1. The number of ketones is 1. The number of aryl methyl sites for hydroxylation is 2. The molecule has 0 saturated heterocycles. The molecule has 2 nitrogen and oxygen atoms in total. The van der Waals surface area contributed by atoms with Crippen LogP contribution in [0.4, 0.5) is 0 Å². The summed E-state index contributed by atoms with van der Waals surface area (Å²) in [6.45, 7) is 3.97. The van der Waals surface area contributed by atoms with Crippen molar-refractivity contribution < 1.29 is 4.79 Å². The quantitative estimate of drug-likeness (QED) is 0.363. The molecule has 0 unspecified atom stereocenters. The van der Waals surface area contributed by atoms with Crippen LogP contribution in [-0.4, -0.2) is 10.8 Å². The van der Waals surface area contributed by atoms with E-state index < -0.39 is 0 Å². The summed E-state index contributed by atoms with van der Waals surface area (Å²) in [6, 6.07) is 9.91. The Labute approximate surface area is 138 Å². The number of nitrogens with zero attached hydrogens (tertiary/aromatic N) is 1. The van der Waals surface area contributed by atoms with Gasteiger partial charge in [0.2, 0.25) is 0 Å². The van der Waals surface area contributed by atoms with Crippen molar-refractivity contribution in [2.75, 3.05) is 0 Å². The Morgan fingerprint density at radius 3 is 2.77 bits per heavy atom. The predicted octanol–water partition coefficient (Wildman–Crippen LogP) is 5.46. The average molecular weight is 328 g/mol. The van der Waals surface area contributed by atoms with E-state index in [1.807, 2.05) is 43.5 Å². The number of hydrogen-bond acceptors (Lipinski definition) is 3. The van der Waals surface area contributed by atoms with Crippen LogP contribution in [0.25, 0.3) is 17.0 Å². The zero-order valence-electron chi connectivity index (χ0n) is 12.3. The number of hydrogen-bond donors (Lipinski definition) is 0. The van der Waals surface area contributed by atoms with Crippen LogP contribution in [-0.2, 0) is 0 Å². The molecule has 0 fully saturated rings. The summed E-state index contributed by atoms with van der Waals surface area (Å²) in [7, 11) is 0. The van der Waals surface area contributed by atoms with Crippen molar-refractivity contribution in [2.45, 2.75) is 13.8 Å². The third-order valence-corrected chi connectivity index (χ3v) is 4.78. The van der Waals surface area contributed by atoms with E-state index in [2.05, 4.69) is 11.1 Å². The molecule has 3 rings (SSSR count). The first-order valence-corrected chi connectivity index (χ1v) is 8.14. The lowest BCUT2D eigenvalue weighted by Gasteiger charge is -2.03. The molecular weight excluding hydrogens is 314 g/mol. The summed E-state index contributed by atoms with van der Waals surface area (Å²) in [5.41, 5.74) is 3.77. The van der Waals surface area contributed by atoms with Crippen molar-refractivity contribution in [1.82, 2.24) is 4.98 Å². The fourth-order valence-electron chi connectivity index (χ4n) is 2.27. The first-order valence-electron chi connectivity index (χ1n) is 6.88. The lowest BCUT2D eigenvalue weighted by atomic mass is 10.1. The van der Waals surface area contributed by atoms with E-state index in [-0.39, 0.29) is 5.78 Å². The van der Waals surface area contributed by atoms with Gasteiger partial charge < -0.3 is 0 Å². The zero-order chi connectivity index (χ0) is 15.7. The Morgan fingerprint density at radius 1 is 1.23 bits per heavy atom. The van der Waals surface area contributed by atoms with Gasteiger partial charge >= 0.3 is 0 Å². The van der Waals surface area contributed by atoms with Gasteiger partial charge in [0.1, 0.15) is 5.15 Å². The first kappa shape index (κ1) is 14.9. The predicted molar refractivity (Wildman–Crippen MR) is 93.9 cm³/mol. The smallest absolute Gasteiger partial charge is 0.196 e. The number of fused-ring (bicyclic) bond motifs is 1. The lowest BCUT2D eigenvalue weighted by molar-refractivity contribution is 0.105. The molecule has 2 heterocycles. The summed E-state index contributed by atoms with van der Waals surface area (Å²) < 4.78 is 0. The summed E-state index contributed by atoms with van der Waals surface area (Å²) in [5.74, 6) is -0.00657. The Hall–Kier alpha value is -1.97. The average Bonchev–Trinajstić information content (AvgIpc) is 2.91. The SMILES string of the molecule is Cc1ccc2nc(Cl)c(/C=C/C(=O)c3sccc3C)cc2c1. The highest BCUT2D eigenvalue weighted by Crippen LogP contribution is 2.23. The maximum Gasteiger partial charge on any atom is 0.196 e. The summed E-state index contributed by atoms with van der Waals surface area (Å²) in [5, 5.41) is 3.34. The van der Waals surface area contributed by atoms with Gasteiger partial charge in [-0.15, -0.1) is 11.3 Å². The third kappa shape index (κ3) is 2.96. The molecular formula is C18H14ClNOS. The van der Waals surface area contributed by atoms with Gasteiger partial charge in [0, 0.05) is 10.9 Å².